The molecule has 23 heavy (non-hydrogen) atoms. The lowest BCUT2D eigenvalue weighted by atomic mass is 10.1. The van der Waals surface area contributed by atoms with Gasteiger partial charge in [-0.05, 0) is 13.3 Å². The second kappa shape index (κ2) is 5.76. The summed E-state index contributed by atoms with van der Waals surface area (Å²) in [5.74, 6) is -0.347. The van der Waals surface area contributed by atoms with Crippen LogP contribution in [0.2, 0.25) is 0 Å². The van der Waals surface area contributed by atoms with Crippen LogP contribution in [-0.4, -0.2) is 62.2 Å². The molecule has 0 radical (unpaired) electrons. The molecule has 0 amide bonds. The monoisotopic (exact) mass is 343 g/mol. The van der Waals surface area contributed by atoms with Crippen LogP contribution in [0.15, 0.2) is 12.7 Å². The maximum atomic E-state index is 11.0. The highest BCUT2D eigenvalue weighted by atomic mass is 32.2. The molecule has 0 aromatic carbocycles. The highest BCUT2D eigenvalue weighted by Gasteiger charge is 2.44. The summed E-state index contributed by atoms with van der Waals surface area (Å²) in [5.41, 5.74) is 1.69. The van der Waals surface area contributed by atoms with Crippen LogP contribution < -0.4 is 5.14 Å². The van der Waals surface area contributed by atoms with Gasteiger partial charge < -0.3 is 14.9 Å². The first-order chi connectivity index (χ1) is 10.8. The summed E-state index contributed by atoms with van der Waals surface area (Å²) < 4.78 is 29.2. The number of fused-ring (bicyclic) bond motifs is 1. The Balaban J connectivity index is 1.86. The fourth-order valence-corrected chi connectivity index (χ4v) is 3.19. The number of aromatic nitrogens is 4. The van der Waals surface area contributed by atoms with Crippen LogP contribution in [0, 0.1) is 6.92 Å². The van der Waals surface area contributed by atoms with Gasteiger partial charge in [-0.3, -0.25) is 4.57 Å². The first kappa shape index (κ1) is 16.2. The molecule has 0 bridgehead atoms. The van der Waals surface area contributed by atoms with Gasteiger partial charge in [0.25, 0.3) is 0 Å². The van der Waals surface area contributed by atoms with Crippen molar-refractivity contribution in [1.82, 2.24) is 19.5 Å². The fourth-order valence-electron chi connectivity index (χ4n) is 2.63. The van der Waals surface area contributed by atoms with Crippen molar-refractivity contribution in [3.05, 3.63) is 18.3 Å². The van der Waals surface area contributed by atoms with Crippen molar-refractivity contribution in [2.45, 2.75) is 37.9 Å². The largest absolute Gasteiger partial charge is 0.388 e. The lowest BCUT2D eigenvalue weighted by Crippen LogP contribution is -2.33. The Bertz CT molecular complexity index is 822. The van der Waals surface area contributed by atoms with Crippen LogP contribution in [0.5, 0.6) is 0 Å². The maximum Gasteiger partial charge on any atom is 0.209 e. The standard InChI is InChI=1S/C12H17N5O5S/c1-6-8-11(15-4-14-6)17(5-16-8)12-10(19)9(18)7(22-12)2-3-23(13,20)21/h4-5,7,9-10,12,18-19H,2-3H2,1H3,(H2,13,20,21)/t7-,9-,10-,12-/m1/s1. The zero-order valence-corrected chi connectivity index (χ0v) is 13.1. The second-order valence-corrected chi connectivity index (χ2v) is 7.22. The summed E-state index contributed by atoms with van der Waals surface area (Å²) in [6.07, 6.45) is -1.46. The third-order valence-electron chi connectivity index (χ3n) is 3.84. The first-order valence-corrected chi connectivity index (χ1v) is 8.65. The summed E-state index contributed by atoms with van der Waals surface area (Å²) in [6.45, 7) is 1.77. The van der Waals surface area contributed by atoms with E-state index >= 15 is 0 Å². The van der Waals surface area contributed by atoms with Crippen molar-refractivity contribution in [2.24, 2.45) is 5.14 Å². The van der Waals surface area contributed by atoms with E-state index in [0.29, 0.717) is 16.9 Å². The van der Waals surface area contributed by atoms with Gasteiger partial charge in [-0.1, -0.05) is 0 Å². The van der Waals surface area contributed by atoms with Crippen LogP contribution in [0.3, 0.4) is 0 Å². The maximum absolute atomic E-state index is 11.0. The van der Waals surface area contributed by atoms with E-state index in [-0.39, 0.29) is 12.2 Å². The third-order valence-corrected chi connectivity index (χ3v) is 4.64. The lowest BCUT2D eigenvalue weighted by Gasteiger charge is -2.16. The number of ether oxygens (including phenoxy) is 1. The molecular formula is C12H17N5O5S. The summed E-state index contributed by atoms with van der Waals surface area (Å²) in [6, 6.07) is 0. The summed E-state index contributed by atoms with van der Waals surface area (Å²) in [7, 11) is -3.68. The Morgan fingerprint density at radius 3 is 2.74 bits per heavy atom. The van der Waals surface area contributed by atoms with Crippen LogP contribution in [0.25, 0.3) is 11.2 Å². The number of primary sulfonamides is 1. The highest BCUT2D eigenvalue weighted by Crippen LogP contribution is 2.32. The van der Waals surface area contributed by atoms with Crippen LogP contribution in [0.4, 0.5) is 0 Å². The number of aliphatic hydroxyl groups is 2. The molecule has 2 aromatic rings. The number of aryl methyl sites for hydroxylation is 1. The quantitative estimate of drug-likeness (QED) is 0.602. The predicted molar refractivity (Wildman–Crippen MR) is 78.6 cm³/mol. The van der Waals surface area contributed by atoms with Crippen molar-refractivity contribution >= 4 is 21.2 Å². The number of nitrogens with zero attached hydrogens (tertiary/aromatic N) is 4. The molecule has 4 atom stereocenters. The molecule has 11 heteroatoms. The normalized spacial score (nSPS) is 28.5. The molecule has 3 rings (SSSR count). The molecule has 10 nitrogen and oxygen atoms in total. The fraction of sp³-hybridized carbons (Fsp3) is 0.583. The van der Waals surface area contributed by atoms with Gasteiger partial charge in [0, 0.05) is 0 Å². The van der Waals surface area contributed by atoms with E-state index in [9.17, 15) is 18.6 Å². The van der Waals surface area contributed by atoms with E-state index in [0.717, 1.165) is 0 Å². The van der Waals surface area contributed by atoms with E-state index in [2.05, 4.69) is 15.0 Å². The minimum atomic E-state index is -3.68. The van der Waals surface area contributed by atoms with E-state index in [4.69, 9.17) is 9.88 Å². The number of imidazole rings is 1. The van der Waals surface area contributed by atoms with Gasteiger partial charge in [0.15, 0.2) is 11.9 Å². The molecule has 0 unspecified atom stereocenters. The third kappa shape index (κ3) is 3.05. The number of sulfonamides is 1. The molecule has 0 saturated carbocycles. The van der Waals surface area contributed by atoms with Crippen molar-refractivity contribution in [3.8, 4) is 0 Å². The van der Waals surface area contributed by atoms with Gasteiger partial charge in [-0.15, -0.1) is 0 Å². The predicted octanol–water partition coefficient (Wildman–Crippen LogP) is -1.57. The van der Waals surface area contributed by atoms with Gasteiger partial charge in [0.2, 0.25) is 10.0 Å². The zero-order chi connectivity index (χ0) is 16.8. The molecule has 0 aliphatic carbocycles. The van der Waals surface area contributed by atoms with Gasteiger partial charge >= 0.3 is 0 Å². The van der Waals surface area contributed by atoms with Gasteiger partial charge in [-0.25, -0.2) is 28.5 Å². The topological polar surface area (TPSA) is 153 Å². The van der Waals surface area contributed by atoms with Crippen LogP contribution in [-0.2, 0) is 14.8 Å². The number of hydrogen-bond acceptors (Lipinski definition) is 8. The highest BCUT2D eigenvalue weighted by molar-refractivity contribution is 7.89. The molecule has 4 N–H and O–H groups in total. The number of nitrogens with two attached hydrogens (primary N) is 1. The Hall–Kier alpha value is -1.66. The van der Waals surface area contributed by atoms with E-state index in [1.165, 1.54) is 17.2 Å². The first-order valence-electron chi connectivity index (χ1n) is 6.94. The summed E-state index contributed by atoms with van der Waals surface area (Å²) >= 11 is 0. The van der Waals surface area contributed by atoms with Gasteiger partial charge in [0.05, 0.1) is 23.9 Å². The van der Waals surface area contributed by atoms with Crippen molar-refractivity contribution in [1.29, 1.82) is 0 Å². The molecule has 3 heterocycles. The molecule has 1 aliphatic heterocycles. The molecule has 0 spiro atoms. The van der Waals surface area contributed by atoms with Crippen molar-refractivity contribution in [3.63, 3.8) is 0 Å². The molecule has 1 aliphatic rings. The second-order valence-electron chi connectivity index (χ2n) is 5.49. The zero-order valence-electron chi connectivity index (χ0n) is 12.3. The average molecular weight is 343 g/mol. The molecule has 126 valence electrons. The average Bonchev–Trinajstić information content (AvgIpc) is 3.01. The minimum absolute atomic E-state index is 0.0196. The Morgan fingerprint density at radius 2 is 2.04 bits per heavy atom. The molecule has 1 saturated heterocycles. The van der Waals surface area contributed by atoms with Crippen molar-refractivity contribution < 1.29 is 23.4 Å². The van der Waals surface area contributed by atoms with E-state index in [1.807, 2.05) is 0 Å². The van der Waals surface area contributed by atoms with E-state index < -0.39 is 34.6 Å². The number of rotatable bonds is 4. The van der Waals surface area contributed by atoms with Crippen LogP contribution in [0.1, 0.15) is 18.3 Å². The van der Waals surface area contributed by atoms with Crippen molar-refractivity contribution in [2.75, 3.05) is 5.75 Å². The summed E-state index contributed by atoms with van der Waals surface area (Å²) in [5, 5.41) is 25.2. The van der Waals surface area contributed by atoms with E-state index in [1.54, 1.807) is 6.92 Å². The number of hydrogen-bond donors (Lipinski definition) is 3. The Labute approximate surface area is 132 Å². The Kier molecular flexibility index (Phi) is 4.06. The van der Waals surface area contributed by atoms with Gasteiger partial charge in [-0.2, -0.15) is 0 Å². The minimum Gasteiger partial charge on any atom is -0.388 e. The van der Waals surface area contributed by atoms with Crippen LogP contribution >= 0.6 is 0 Å². The van der Waals surface area contributed by atoms with Gasteiger partial charge in [0.1, 0.15) is 24.1 Å². The molecule has 1 fully saturated rings. The molecular weight excluding hydrogens is 326 g/mol. The molecule has 2 aromatic heterocycles. The SMILES string of the molecule is Cc1ncnc2c1ncn2[C@@H]1O[C@H](CCS(N)(=O)=O)[C@@H](O)[C@H]1O. The smallest absolute Gasteiger partial charge is 0.209 e. The summed E-state index contributed by atoms with van der Waals surface area (Å²) in [4.78, 5) is 12.3. The number of aliphatic hydroxyl groups excluding tert-OH is 2. The Morgan fingerprint density at radius 1 is 1.30 bits per heavy atom. The lowest BCUT2D eigenvalue weighted by molar-refractivity contribution is -0.0353.